The summed E-state index contributed by atoms with van der Waals surface area (Å²) in [5, 5.41) is 7.07. The Labute approximate surface area is 146 Å². The molecule has 1 aromatic heterocycles. The van der Waals surface area contributed by atoms with Gasteiger partial charge >= 0.3 is 0 Å². The van der Waals surface area contributed by atoms with Crippen molar-refractivity contribution < 1.29 is 4.74 Å². The number of aromatic nitrogens is 2. The van der Waals surface area contributed by atoms with Crippen LogP contribution in [0.15, 0.2) is 83.5 Å². The van der Waals surface area contributed by atoms with Gasteiger partial charge in [0.25, 0.3) is 0 Å². The molecule has 0 radical (unpaired) electrons. The highest BCUT2D eigenvalue weighted by molar-refractivity contribution is 6.19. The van der Waals surface area contributed by atoms with Gasteiger partial charge in [-0.1, -0.05) is 36.4 Å². The summed E-state index contributed by atoms with van der Waals surface area (Å²) in [5.74, 6) is 0.643. The Kier molecular flexibility index (Phi) is 5.36. The molecule has 1 atom stereocenters. The van der Waals surface area contributed by atoms with Crippen LogP contribution in [0.1, 0.15) is 11.6 Å². The summed E-state index contributed by atoms with van der Waals surface area (Å²) < 4.78 is 6.96. The maximum atomic E-state index is 6.32. The van der Waals surface area contributed by atoms with Crippen molar-refractivity contribution in [3.8, 4) is 0 Å². The van der Waals surface area contributed by atoms with E-state index in [1.165, 1.54) is 0 Å². The molecule has 6 heteroatoms. The molecule has 0 N–H and O–H groups in total. The number of hydrogen-bond acceptors (Lipinski definition) is 5. The third-order valence-corrected chi connectivity index (χ3v) is 3.97. The minimum atomic E-state index is -0.0169. The normalized spacial score (nSPS) is 19.2. The van der Waals surface area contributed by atoms with Crippen molar-refractivity contribution >= 4 is 17.5 Å². The highest BCUT2D eigenvalue weighted by Crippen LogP contribution is 2.35. The molecule has 2 aliphatic heterocycles. The van der Waals surface area contributed by atoms with E-state index < -0.39 is 0 Å². The Morgan fingerprint density at radius 1 is 1.08 bits per heavy atom. The number of nitrogens with zero attached hydrogens (tertiary/aromatic N) is 4. The van der Waals surface area contributed by atoms with Gasteiger partial charge in [-0.25, -0.2) is 9.41 Å². The molecule has 2 aliphatic rings. The van der Waals surface area contributed by atoms with Crippen molar-refractivity contribution in [1.29, 1.82) is 0 Å². The summed E-state index contributed by atoms with van der Waals surface area (Å²) in [6.45, 7) is 0.697. The van der Waals surface area contributed by atoms with Crippen LogP contribution in [0.4, 0.5) is 0 Å². The molecule has 0 aliphatic carbocycles. The molecular formula is C18H17ClN4O. The van der Waals surface area contributed by atoms with Gasteiger partial charge in [0.1, 0.15) is 0 Å². The first-order valence-corrected chi connectivity index (χ1v) is 7.87. The van der Waals surface area contributed by atoms with Crippen molar-refractivity contribution in [1.82, 2.24) is 14.6 Å². The Balaban J connectivity index is 0.000000238. The van der Waals surface area contributed by atoms with E-state index in [-0.39, 0.29) is 6.04 Å². The largest absolute Gasteiger partial charge is 0.481 e. The van der Waals surface area contributed by atoms with Crippen LogP contribution in [0.2, 0.25) is 0 Å². The van der Waals surface area contributed by atoms with Crippen LogP contribution >= 0.6 is 11.8 Å². The van der Waals surface area contributed by atoms with Crippen LogP contribution in [-0.2, 0) is 4.74 Å². The topological polar surface area (TPSA) is 50.6 Å². The van der Waals surface area contributed by atoms with E-state index >= 15 is 0 Å². The third kappa shape index (κ3) is 3.69. The first-order valence-electron chi connectivity index (χ1n) is 7.53. The number of aliphatic imine (C=N–C) groups is 1. The molecule has 0 saturated heterocycles. The highest BCUT2D eigenvalue weighted by Gasteiger charge is 2.32. The predicted octanol–water partition coefficient (Wildman–Crippen LogP) is 3.54. The third-order valence-electron chi connectivity index (χ3n) is 3.64. The molecule has 0 amide bonds. The Hall–Kier alpha value is -2.50. The average molecular weight is 341 g/mol. The summed E-state index contributed by atoms with van der Waals surface area (Å²) >= 11 is 6.32. The number of benzene rings is 1. The van der Waals surface area contributed by atoms with Crippen molar-refractivity contribution in [2.75, 3.05) is 13.7 Å². The minimum absolute atomic E-state index is 0.0169. The van der Waals surface area contributed by atoms with Crippen molar-refractivity contribution in [3.63, 3.8) is 0 Å². The second-order valence-electron chi connectivity index (χ2n) is 5.15. The maximum absolute atomic E-state index is 6.32. The first kappa shape index (κ1) is 16.4. The lowest BCUT2D eigenvalue weighted by Crippen LogP contribution is -2.31. The molecule has 5 nitrogen and oxygen atoms in total. The number of rotatable bonds is 2. The molecule has 1 aromatic carbocycles. The minimum Gasteiger partial charge on any atom is -0.481 e. The number of hydrogen-bond donors (Lipinski definition) is 0. The SMILES string of the molecule is COC1=CC2=CCN(Cl)C(c3ccccc3)C2=N1.c1ccnnc1. The summed E-state index contributed by atoms with van der Waals surface area (Å²) in [5.41, 5.74) is 3.21. The molecule has 4 rings (SSSR count). The van der Waals surface area contributed by atoms with Crippen LogP contribution in [0.3, 0.4) is 0 Å². The summed E-state index contributed by atoms with van der Waals surface area (Å²) in [6, 6.07) is 13.8. The van der Waals surface area contributed by atoms with Gasteiger partial charge in [-0.05, 0) is 29.5 Å². The number of halogens is 1. The highest BCUT2D eigenvalue weighted by atomic mass is 35.5. The van der Waals surface area contributed by atoms with Gasteiger partial charge in [-0.2, -0.15) is 10.2 Å². The van der Waals surface area contributed by atoms with Crippen LogP contribution in [-0.4, -0.2) is 34.0 Å². The molecule has 24 heavy (non-hydrogen) atoms. The second kappa shape index (κ2) is 7.86. The number of fused-ring (bicyclic) bond motifs is 1. The van der Waals surface area contributed by atoms with Crippen molar-refractivity contribution in [2.24, 2.45) is 4.99 Å². The van der Waals surface area contributed by atoms with Gasteiger partial charge in [0, 0.05) is 30.6 Å². The van der Waals surface area contributed by atoms with Gasteiger partial charge in [0.2, 0.25) is 5.88 Å². The lowest BCUT2D eigenvalue weighted by Gasteiger charge is -2.29. The number of ether oxygens (including phenoxy) is 1. The first-order chi connectivity index (χ1) is 11.8. The van der Waals surface area contributed by atoms with Gasteiger partial charge in [-0.3, -0.25) is 0 Å². The molecule has 1 unspecified atom stereocenters. The average Bonchev–Trinajstić information content (AvgIpc) is 3.07. The quantitative estimate of drug-likeness (QED) is 0.785. The van der Waals surface area contributed by atoms with E-state index in [9.17, 15) is 0 Å². The van der Waals surface area contributed by atoms with Crippen LogP contribution in [0.5, 0.6) is 0 Å². The predicted molar refractivity (Wildman–Crippen MR) is 94.4 cm³/mol. The van der Waals surface area contributed by atoms with Gasteiger partial charge in [0.15, 0.2) is 0 Å². The van der Waals surface area contributed by atoms with E-state index in [4.69, 9.17) is 16.5 Å². The Morgan fingerprint density at radius 2 is 1.79 bits per heavy atom. The van der Waals surface area contributed by atoms with E-state index in [0.29, 0.717) is 12.4 Å². The molecule has 3 heterocycles. The molecule has 0 spiro atoms. The number of methoxy groups -OCH3 is 1. The van der Waals surface area contributed by atoms with E-state index in [0.717, 1.165) is 16.8 Å². The molecule has 0 fully saturated rings. The standard InChI is InChI=1S/C14H13ClN2O.C4H4N2/c1-18-12-9-11-7-8-17(15)14(13(11)16-12)10-5-3-2-4-6-10;1-2-4-6-5-3-1/h2-7,9,14H,8H2,1H3;1-4H. The van der Waals surface area contributed by atoms with Gasteiger partial charge in [-0.15, -0.1) is 0 Å². The van der Waals surface area contributed by atoms with Gasteiger partial charge < -0.3 is 4.74 Å². The molecule has 0 saturated carbocycles. The second-order valence-corrected chi connectivity index (χ2v) is 5.59. The zero-order valence-corrected chi connectivity index (χ0v) is 14.0. The lowest BCUT2D eigenvalue weighted by atomic mass is 9.94. The lowest BCUT2D eigenvalue weighted by molar-refractivity contribution is 0.290. The summed E-state index contributed by atoms with van der Waals surface area (Å²) in [4.78, 5) is 4.50. The molecule has 122 valence electrons. The summed E-state index contributed by atoms with van der Waals surface area (Å²) in [6.07, 6.45) is 7.30. The Bertz CT molecular complexity index is 732. The maximum Gasteiger partial charge on any atom is 0.213 e. The van der Waals surface area contributed by atoms with E-state index in [1.807, 2.05) is 36.4 Å². The van der Waals surface area contributed by atoms with Crippen LogP contribution in [0, 0.1) is 0 Å². The van der Waals surface area contributed by atoms with E-state index in [2.05, 4.69) is 33.4 Å². The van der Waals surface area contributed by atoms with Crippen LogP contribution in [0.25, 0.3) is 0 Å². The van der Waals surface area contributed by atoms with Crippen molar-refractivity contribution in [3.05, 3.63) is 84.0 Å². The zero-order valence-electron chi connectivity index (χ0n) is 13.2. The van der Waals surface area contributed by atoms with Gasteiger partial charge in [0.05, 0.1) is 18.9 Å². The van der Waals surface area contributed by atoms with Crippen molar-refractivity contribution in [2.45, 2.75) is 6.04 Å². The molecule has 0 bridgehead atoms. The van der Waals surface area contributed by atoms with Crippen LogP contribution < -0.4 is 0 Å². The Morgan fingerprint density at radius 3 is 2.38 bits per heavy atom. The summed E-state index contributed by atoms with van der Waals surface area (Å²) in [7, 11) is 1.63. The zero-order chi connectivity index (χ0) is 16.8. The fourth-order valence-corrected chi connectivity index (χ4v) is 2.82. The fourth-order valence-electron chi connectivity index (χ4n) is 2.54. The smallest absolute Gasteiger partial charge is 0.213 e. The number of allylic oxidation sites excluding steroid dienone is 1. The van der Waals surface area contributed by atoms with E-state index in [1.54, 1.807) is 23.9 Å². The molecular weight excluding hydrogens is 324 g/mol. The fraction of sp³-hybridized carbons (Fsp3) is 0.167. The monoisotopic (exact) mass is 340 g/mol. The molecule has 2 aromatic rings.